The SMILES string of the molecule is CC(=O)N1CCN(c2ccc(NC(=O)CS(=O)(=O)c3ccccc3)cc2)CC1. The van der Waals surface area contributed by atoms with E-state index < -0.39 is 21.5 Å². The highest BCUT2D eigenvalue weighted by Crippen LogP contribution is 2.20. The Hall–Kier alpha value is -2.87. The van der Waals surface area contributed by atoms with Crippen molar-refractivity contribution in [2.24, 2.45) is 0 Å². The van der Waals surface area contributed by atoms with Gasteiger partial charge in [0.25, 0.3) is 0 Å². The Kier molecular flexibility index (Phi) is 5.99. The number of nitrogens with zero attached hydrogens (tertiary/aromatic N) is 2. The second kappa shape index (κ2) is 8.43. The molecule has 0 aromatic heterocycles. The predicted octanol–water partition coefficient (Wildman–Crippen LogP) is 1.77. The van der Waals surface area contributed by atoms with Crippen LogP contribution in [0.2, 0.25) is 0 Å². The molecule has 1 aliphatic heterocycles. The van der Waals surface area contributed by atoms with Gasteiger partial charge in [0.05, 0.1) is 4.90 Å². The van der Waals surface area contributed by atoms with Gasteiger partial charge in [-0.25, -0.2) is 8.42 Å². The van der Waals surface area contributed by atoms with Crippen molar-refractivity contribution in [1.82, 2.24) is 4.90 Å². The van der Waals surface area contributed by atoms with E-state index in [1.807, 2.05) is 17.0 Å². The van der Waals surface area contributed by atoms with E-state index >= 15 is 0 Å². The first-order valence-corrected chi connectivity index (χ1v) is 10.7. The van der Waals surface area contributed by atoms with Gasteiger partial charge in [-0.05, 0) is 36.4 Å². The molecule has 0 radical (unpaired) electrons. The fourth-order valence-corrected chi connectivity index (χ4v) is 4.27. The minimum absolute atomic E-state index is 0.0863. The van der Waals surface area contributed by atoms with E-state index in [2.05, 4.69) is 10.2 Å². The average molecular weight is 401 g/mol. The highest BCUT2D eigenvalue weighted by molar-refractivity contribution is 7.92. The first kappa shape index (κ1) is 19.9. The molecule has 0 unspecified atom stereocenters. The number of amides is 2. The summed E-state index contributed by atoms with van der Waals surface area (Å²) in [5, 5.41) is 2.63. The molecule has 3 rings (SSSR count). The lowest BCUT2D eigenvalue weighted by atomic mass is 10.2. The predicted molar refractivity (Wildman–Crippen MR) is 108 cm³/mol. The number of benzene rings is 2. The summed E-state index contributed by atoms with van der Waals surface area (Å²) in [6, 6.07) is 15.2. The molecular formula is C20H23N3O4S. The van der Waals surface area contributed by atoms with Gasteiger partial charge >= 0.3 is 0 Å². The van der Waals surface area contributed by atoms with Gasteiger partial charge < -0.3 is 15.1 Å². The minimum Gasteiger partial charge on any atom is -0.368 e. The standard InChI is InChI=1S/C20H23N3O4S/c1-16(24)22-11-13-23(14-12-22)18-9-7-17(8-10-18)21-20(25)15-28(26,27)19-5-3-2-4-6-19/h2-10H,11-15H2,1H3,(H,21,25). The molecule has 7 nitrogen and oxygen atoms in total. The number of nitrogens with one attached hydrogen (secondary N) is 1. The first-order chi connectivity index (χ1) is 13.3. The number of hydrogen-bond donors (Lipinski definition) is 1. The smallest absolute Gasteiger partial charge is 0.239 e. The molecule has 1 fully saturated rings. The Labute approximate surface area is 164 Å². The van der Waals surface area contributed by atoms with E-state index in [4.69, 9.17) is 0 Å². The summed E-state index contributed by atoms with van der Waals surface area (Å²) in [4.78, 5) is 27.7. The van der Waals surface area contributed by atoms with E-state index in [9.17, 15) is 18.0 Å². The summed E-state index contributed by atoms with van der Waals surface area (Å²) in [7, 11) is -3.67. The molecule has 0 spiro atoms. The molecular weight excluding hydrogens is 378 g/mol. The van der Waals surface area contributed by atoms with Crippen molar-refractivity contribution < 1.29 is 18.0 Å². The molecule has 0 aliphatic carbocycles. The van der Waals surface area contributed by atoms with Crippen molar-refractivity contribution in [1.29, 1.82) is 0 Å². The Morgan fingerprint density at radius 1 is 0.929 bits per heavy atom. The molecule has 2 aromatic rings. The zero-order chi connectivity index (χ0) is 20.1. The molecule has 2 amide bonds. The van der Waals surface area contributed by atoms with Crippen LogP contribution in [-0.2, 0) is 19.4 Å². The van der Waals surface area contributed by atoms with Crippen molar-refractivity contribution in [2.45, 2.75) is 11.8 Å². The lowest BCUT2D eigenvalue weighted by Crippen LogP contribution is -2.48. The topological polar surface area (TPSA) is 86.8 Å². The van der Waals surface area contributed by atoms with Crippen LogP contribution in [0.3, 0.4) is 0 Å². The van der Waals surface area contributed by atoms with Crippen molar-refractivity contribution in [2.75, 3.05) is 42.1 Å². The average Bonchev–Trinajstić information content (AvgIpc) is 2.69. The fraction of sp³-hybridized carbons (Fsp3) is 0.300. The van der Waals surface area contributed by atoms with Gasteiger partial charge in [0.15, 0.2) is 9.84 Å². The summed E-state index contributed by atoms with van der Waals surface area (Å²) < 4.78 is 24.5. The van der Waals surface area contributed by atoms with Gasteiger partial charge in [-0.2, -0.15) is 0 Å². The largest absolute Gasteiger partial charge is 0.368 e. The second-order valence-corrected chi connectivity index (χ2v) is 8.65. The number of anilines is 2. The maximum atomic E-state index is 12.3. The number of carbonyl (C=O) groups is 2. The molecule has 28 heavy (non-hydrogen) atoms. The van der Waals surface area contributed by atoms with E-state index in [0.717, 1.165) is 18.8 Å². The molecule has 8 heteroatoms. The zero-order valence-electron chi connectivity index (χ0n) is 15.7. The van der Waals surface area contributed by atoms with E-state index in [-0.39, 0.29) is 10.8 Å². The van der Waals surface area contributed by atoms with E-state index in [0.29, 0.717) is 18.8 Å². The molecule has 148 valence electrons. The summed E-state index contributed by atoms with van der Waals surface area (Å²) in [5.41, 5.74) is 1.54. The van der Waals surface area contributed by atoms with Crippen molar-refractivity contribution in [3.8, 4) is 0 Å². The van der Waals surface area contributed by atoms with Crippen LogP contribution in [0.25, 0.3) is 0 Å². The lowest BCUT2D eigenvalue weighted by Gasteiger charge is -2.35. The van der Waals surface area contributed by atoms with Gasteiger partial charge in [-0.15, -0.1) is 0 Å². The first-order valence-electron chi connectivity index (χ1n) is 9.03. The van der Waals surface area contributed by atoms with Crippen LogP contribution < -0.4 is 10.2 Å². The molecule has 1 heterocycles. The molecule has 1 N–H and O–H groups in total. The number of piperazine rings is 1. The summed E-state index contributed by atoms with van der Waals surface area (Å²) in [5.74, 6) is -1.10. The molecule has 0 bridgehead atoms. The van der Waals surface area contributed by atoms with Crippen molar-refractivity contribution in [3.63, 3.8) is 0 Å². The third-order valence-electron chi connectivity index (χ3n) is 4.66. The molecule has 1 saturated heterocycles. The van der Waals surface area contributed by atoms with Crippen LogP contribution in [0.5, 0.6) is 0 Å². The highest BCUT2D eigenvalue weighted by Gasteiger charge is 2.20. The Morgan fingerprint density at radius 2 is 1.54 bits per heavy atom. The van der Waals surface area contributed by atoms with Gasteiger partial charge in [0.2, 0.25) is 11.8 Å². The lowest BCUT2D eigenvalue weighted by molar-refractivity contribution is -0.129. The monoisotopic (exact) mass is 401 g/mol. The minimum atomic E-state index is -3.67. The Morgan fingerprint density at radius 3 is 2.11 bits per heavy atom. The van der Waals surface area contributed by atoms with Gasteiger partial charge in [-0.1, -0.05) is 18.2 Å². The summed E-state index contributed by atoms with van der Waals surface area (Å²) >= 11 is 0. The molecule has 0 atom stereocenters. The summed E-state index contributed by atoms with van der Waals surface area (Å²) in [6.45, 7) is 4.45. The van der Waals surface area contributed by atoms with Gasteiger partial charge in [0, 0.05) is 44.5 Å². The third kappa shape index (κ3) is 4.89. The Balaban J connectivity index is 1.57. The van der Waals surface area contributed by atoms with Gasteiger partial charge in [-0.3, -0.25) is 9.59 Å². The maximum Gasteiger partial charge on any atom is 0.239 e. The van der Waals surface area contributed by atoms with Crippen LogP contribution in [0.15, 0.2) is 59.5 Å². The normalized spacial score (nSPS) is 14.6. The molecule has 1 aliphatic rings. The fourth-order valence-electron chi connectivity index (χ4n) is 3.12. The van der Waals surface area contributed by atoms with E-state index in [1.165, 1.54) is 12.1 Å². The Bertz CT molecular complexity index is 935. The number of rotatable bonds is 5. The summed E-state index contributed by atoms with van der Waals surface area (Å²) in [6.07, 6.45) is 0. The zero-order valence-corrected chi connectivity index (χ0v) is 16.5. The quantitative estimate of drug-likeness (QED) is 0.825. The van der Waals surface area contributed by atoms with Crippen LogP contribution in [-0.4, -0.2) is 57.1 Å². The van der Waals surface area contributed by atoms with Crippen LogP contribution >= 0.6 is 0 Å². The third-order valence-corrected chi connectivity index (χ3v) is 6.30. The van der Waals surface area contributed by atoms with Gasteiger partial charge in [0.1, 0.15) is 5.75 Å². The van der Waals surface area contributed by atoms with Crippen LogP contribution in [0.1, 0.15) is 6.92 Å². The molecule has 0 saturated carbocycles. The number of carbonyl (C=O) groups excluding carboxylic acids is 2. The highest BCUT2D eigenvalue weighted by atomic mass is 32.2. The van der Waals surface area contributed by atoms with Crippen LogP contribution in [0.4, 0.5) is 11.4 Å². The number of hydrogen-bond acceptors (Lipinski definition) is 5. The van der Waals surface area contributed by atoms with E-state index in [1.54, 1.807) is 37.3 Å². The number of sulfone groups is 1. The van der Waals surface area contributed by atoms with Crippen molar-refractivity contribution in [3.05, 3.63) is 54.6 Å². The van der Waals surface area contributed by atoms with Crippen LogP contribution in [0, 0.1) is 0 Å². The molecule has 2 aromatic carbocycles. The second-order valence-electron chi connectivity index (χ2n) is 6.66. The van der Waals surface area contributed by atoms with Crippen molar-refractivity contribution >= 4 is 33.0 Å². The maximum absolute atomic E-state index is 12.3.